The lowest BCUT2D eigenvalue weighted by Crippen LogP contribution is -2.49. The van der Waals surface area contributed by atoms with Crippen LogP contribution >= 0.6 is 0 Å². The average molecular weight is 1250 g/mol. The lowest BCUT2D eigenvalue weighted by Gasteiger charge is -2.27. The van der Waals surface area contributed by atoms with E-state index in [2.05, 4.69) is 49.9 Å². The quantitative estimate of drug-likeness (QED) is 0.0392. The largest absolute Gasteiger partial charge is 0.493 e. The second-order valence-corrected chi connectivity index (χ2v) is 36.2. The van der Waals surface area contributed by atoms with Gasteiger partial charge in [0.2, 0.25) is 12.7 Å². The molecule has 470 valence electrons. The van der Waals surface area contributed by atoms with Crippen molar-refractivity contribution in [1.82, 2.24) is 15.1 Å². The number of anilines is 3. The van der Waals surface area contributed by atoms with Crippen LogP contribution in [0.4, 0.5) is 21.9 Å². The maximum Gasteiger partial charge on any atom is 0.405 e. The Kier molecular flexibility index (Phi) is 19.6. The minimum Gasteiger partial charge on any atom is -0.493 e. The summed E-state index contributed by atoms with van der Waals surface area (Å²) in [5.74, 6) is -0.771. The number of fused-ring (bicyclic) bond motifs is 5. The van der Waals surface area contributed by atoms with Crippen molar-refractivity contribution >= 4 is 85.9 Å². The maximum absolute atomic E-state index is 14.9. The lowest BCUT2D eigenvalue weighted by atomic mass is 10.0. The van der Waals surface area contributed by atoms with Crippen LogP contribution in [0.3, 0.4) is 0 Å². The molecule has 2 unspecified atom stereocenters. The van der Waals surface area contributed by atoms with Gasteiger partial charge < -0.3 is 68.8 Å². The summed E-state index contributed by atoms with van der Waals surface area (Å²) in [5.41, 5.74) is 9.63. The average Bonchev–Trinajstić information content (AvgIpc) is 1.66. The van der Waals surface area contributed by atoms with Gasteiger partial charge in [-0.2, -0.15) is 0 Å². The normalized spacial score (nSPS) is 17.7. The number of hydrogen-bond donors (Lipinski definition) is 3. The summed E-state index contributed by atoms with van der Waals surface area (Å²) in [6.07, 6.45) is 1.88. The van der Waals surface area contributed by atoms with E-state index in [0.29, 0.717) is 59.4 Å². The zero-order valence-corrected chi connectivity index (χ0v) is 53.8. The fourth-order valence-corrected chi connectivity index (χ4v) is 12.1. The Morgan fingerprint density at radius 2 is 1.11 bits per heavy atom. The molecule has 0 saturated carbocycles. The highest BCUT2D eigenvalue weighted by Crippen LogP contribution is 2.45. The third-order valence-corrected chi connectivity index (χ3v) is 19.0. The van der Waals surface area contributed by atoms with E-state index in [9.17, 15) is 33.6 Å². The summed E-state index contributed by atoms with van der Waals surface area (Å²) in [6, 6.07) is 17.8. The number of nitrogens with one attached hydrogen (secondary N) is 2. The Morgan fingerprint density at radius 1 is 0.625 bits per heavy atom. The van der Waals surface area contributed by atoms with Gasteiger partial charge in [-0.05, 0) is 83.6 Å². The molecule has 0 radical (unpaired) electrons. The fourth-order valence-electron chi connectivity index (χ4n) is 10.6. The Morgan fingerprint density at radius 3 is 1.59 bits per heavy atom. The monoisotopic (exact) mass is 1250 g/mol. The van der Waals surface area contributed by atoms with Gasteiger partial charge in [-0.1, -0.05) is 71.3 Å². The molecule has 0 bridgehead atoms. The predicted molar refractivity (Wildman–Crippen MR) is 334 cm³/mol. The molecule has 4 aromatic rings. The Hall–Kier alpha value is -8.40. The molecule has 5 aliphatic rings. The van der Waals surface area contributed by atoms with E-state index in [1.54, 1.807) is 74.8 Å². The molecule has 9 rings (SSSR count). The van der Waals surface area contributed by atoms with Crippen LogP contribution in [0, 0.1) is 5.92 Å². The zero-order valence-electron chi connectivity index (χ0n) is 51.8. The number of carbonyl (C=O) groups excluding carboxylic acids is 7. The van der Waals surface area contributed by atoms with Crippen LogP contribution in [-0.2, 0) is 33.4 Å². The van der Waals surface area contributed by atoms with Crippen LogP contribution in [0.2, 0.25) is 51.4 Å². The van der Waals surface area contributed by atoms with Crippen molar-refractivity contribution in [1.29, 1.82) is 0 Å². The van der Waals surface area contributed by atoms with Gasteiger partial charge >= 0.3 is 6.09 Å². The summed E-state index contributed by atoms with van der Waals surface area (Å²) < 4.78 is 52.9. The third-order valence-electron chi connectivity index (χ3n) is 15.6. The highest BCUT2D eigenvalue weighted by Gasteiger charge is 2.46. The number of carbonyl (C=O) groups is 7. The van der Waals surface area contributed by atoms with E-state index in [1.807, 2.05) is 18.2 Å². The fraction of sp³-hybridized carbons (Fsp3) is 0.444. The highest BCUT2D eigenvalue weighted by molar-refractivity contribution is 6.76. The predicted octanol–water partition coefficient (Wildman–Crippen LogP) is 8.67. The van der Waals surface area contributed by atoms with Gasteiger partial charge in [-0.25, -0.2) is 4.79 Å². The van der Waals surface area contributed by atoms with Crippen LogP contribution in [0.1, 0.15) is 71.9 Å². The Balaban J connectivity index is 0.903. The molecule has 0 fully saturated rings. The van der Waals surface area contributed by atoms with Gasteiger partial charge in [-0.3, -0.25) is 38.6 Å². The van der Waals surface area contributed by atoms with Crippen molar-refractivity contribution in [3.05, 3.63) is 101 Å². The van der Waals surface area contributed by atoms with Gasteiger partial charge in [0.25, 0.3) is 29.5 Å². The molecule has 0 aromatic heterocycles. The summed E-state index contributed by atoms with van der Waals surface area (Å²) >= 11 is 0. The number of methoxy groups -OCH3 is 2. The number of nitrogens with zero attached hydrogens (tertiary/aromatic N) is 4. The molecular formula is C63H79N7O16Si2. The lowest BCUT2D eigenvalue weighted by molar-refractivity contribution is -0.134. The van der Waals surface area contributed by atoms with E-state index in [4.69, 9.17) is 48.4 Å². The summed E-state index contributed by atoms with van der Waals surface area (Å²) in [5, 5.41) is 5.33. The number of amides is 7. The standard InChI is InChI=1S/C63H79N7O16Si2/c1-37(2)56(86-63(64)77)58(72)65-38(3)57(71)66-43-16-13-39(14-17-43)41-25-48-61(75)69(34-80-21-23-87(6,7)8)46-30-54(51(78-4)28-44(46)59(73)67(48)32-41)82-19-12-20-83-55-31-47-45(29-52(55)79-5)60(74)68-33-42(40-15-18-50-53(27-40)85-36-84-50)26-49(68)62(76)70(47)35-81-22-24-88(9,10)11/h13-18,27-33,37-38,48-49,56H,12,19-26,34-36H2,1-11H3,(H2,64,77)(H,65,72)(H,66,71)/t38?,48-,49-,56?/m0/s1. The van der Waals surface area contributed by atoms with Crippen molar-refractivity contribution in [3.8, 4) is 34.5 Å². The van der Waals surface area contributed by atoms with Crippen LogP contribution < -0.4 is 54.6 Å². The van der Waals surface area contributed by atoms with Gasteiger partial charge in [-0.15, -0.1) is 0 Å². The van der Waals surface area contributed by atoms with Gasteiger partial charge in [0, 0.05) is 78.8 Å². The molecule has 4 aromatic carbocycles. The van der Waals surface area contributed by atoms with E-state index >= 15 is 0 Å². The number of nitrogens with two attached hydrogens (primary N) is 1. The highest BCUT2D eigenvalue weighted by atomic mass is 28.3. The van der Waals surface area contributed by atoms with Crippen molar-refractivity contribution in [3.63, 3.8) is 0 Å². The van der Waals surface area contributed by atoms with Crippen molar-refractivity contribution in [2.75, 3.05) is 76.0 Å². The smallest absolute Gasteiger partial charge is 0.405 e. The summed E-state index contributed by atoms with van der Waals surface area (Å²) in [6.45, 7) is 19.2. The van der Waals surface area contributed by atoms with Crippen molar-refractivity contribution in [2.45, 2.75) is 116 Å². The van der Waals surface area contributed by atoms with Gasteiger partial charge in [0.05, 0.1) is 49.9 Å². The van der Waals surface area contributed by atoms with Crippen molar-refractivity contribution in [2.24, 2.45) is 11.7 Å². The maximum atomic E-state index is 14.9. The number of benzene rings is 4. The number of primary amides is 1. The molecule has 25 heteroatoms. The molecule has 0 saturated heterocycles. The third kappa shape index (κ3) is 14.6. The molecule has 88 heavy (non-hydrogen) atoms. The molecule has 4 atom stereocenters. The van der Waals surface area contributed by atoms with E-state index in [1.165, 1.54) is 40.7 Å². The minimum atomic E-state index is -1.53. The molecule has 0 spiro atoms. The van der Waals surface area contributed by atoms with Crippen molar-refractivity contribution < 1.29 is 76.2 Å². The van der Waals surface area contributed by atoms with E-state index in [0.717, 1.165) is 23.2 Å². The summed E-state index contributed by atoms with van der Waals surface area (Å²) in [7, 11) is -0.0821. The molecular weight excluding hydrogens is 1170 g/mol. The number of ether oxygens (including phenoxy) is 9. The minimum absolute atomic E-state index is 0.0878. The van der Waals surface area contributed by atoms with Gasteiger partial charge in [0.15, 0.2) is 40.6 Å². The SMILES string of the molecule is COc1cc2c(cc1OCCCOc1cc3c(cc1OC)C(=O)N1C=C(c4ccc5c(c4)OCO5)C[C@H]1C(=O)N3COCC[Si](C)(C)C)N(COCC[Si](C)(C)C)C(=O)[C@@H]1CC(c3ccc(NC(=O)C(C)NC(=O)C(OC(N)=O)C(C)C)cc3)=CN1C2=O. The molecule has 5 aliphatic heterocycles. The van der Waals surface area contributed by atoms with Crippen LogP contribution in [-0.4, -0.2) is 153 Å². The second kappa shape index (κ2) is 26.9. The zero-order chi connectivity index (χ0) is 63.4. The second-order valence-electron chi connectivity index (χ2n) is 25.0. The molecule has 5 heterocycles. The van der Waals surface area contributed by atoms with Crippen LogP contribution in [0.25, 0.3) is 11.1 Å². The topological polar surface area (TPSA) is 266 Å². The first kappa shape index (κ1) is 64.1. The first-order valence-electron chi connectivity index (χ1n) is 29.5. The molecule has 4 N–H and O–H groups in total. The molecule has 23 nitrogen and oxygen atoms in total. The van der Waals surface area contributed by atoms with Gasteiger partial charge in [0.1, 0.15) is 31.6 Å². The number of rotatable bonds is 26. The van der Waals surface area contributed by atoms with Crippen LogP contribution in [0.5, 0.6) is 34.5 Å². The first-order valence-corrected chi connectivity index (χ1v) is 36.9. The first-order chi connectivity index (χ1) is 41.8. The van der Waals surface area contributed by atoms with E-state index in [-0.39, 0.29) is 98.1 Å². The van der Waals surface area contributed by atoms with E-state index < -0.39 is 70.1 Å². The number of hydrogen-bond acceptors (Lipinski definition) is 16. The molecule has 7 amide bonds. The Labute approximate surface area is 514 Å². The Bertz CT molecular complexity index is 3420. The summed E-state index contributed by atoms with van der Waals surface area (Å²) in [4.78, 5) is 102. The molecule has 0 aliphatic carbocycles. The van der Waals surface area contributed by atoms with Crippen LogP contribution in [0.15, 0.2) is 79.1 Å².